The Kier molecular flexibility index (Phi) is 7.60. The van der Waals surface area contributed by atoms with Gasteiger partial charge in [-0.3, -0.25) is 9.59 Å². The topological polar surface area (TPSA) is 101 Å². The van der Waals surface area contributed by atoms with Crippen LogP contribution in [0.25, 0.3) is 28.0 Å². The molecule has 9 nitrogen and oxygen atoms in total. The normalized spacial score (nSPS) is 11.9. The van der Waals surface area contributed by atoms with Gasteiger partial charge < -0.3 is 9.47 Å². The number of rotatable bonds is 8. The molecule has 0 unspecified atom stereocenters. The first-order valence-electron chi connectivity index (χ1n) is 13.8. The van der Waals surface area contributed by atoms with Gasteiger partial charge in [-0.2, -0.15) is 19.7 Å². The van der Waals surface area contributed by atoms with Crippen molar-refractivity contribution in [3.8, 4) is 28.4 Å². The molecular weight excluding hydrogens is 562 g/mol. The summed E-state index contributed by atoms with van der Waals surface area (Å²) < 4.78 is 14.5. The molecule has 3 aromatic heterocycles. The Labute approximate surface area is 251 Å². The number of para-hydroxylation sites is 1. The standard InChI is InChI=1S/C33H29N5O4S/c1-20(2)42-28-15-12-23(16-21(28)3)30-24(19-37(36-30)25-8-6-5-7-9-25)18-29-32(40)38-33(43-29)34-31(39)27(35-38)17-22-10-13-26(41-4)14-11-22/h5-16,18-20H,17H2,1-4H3. The fourth-order valence-corrected chi connectivity index (χ4v) is 5.64. The maximum absolute atomic E-state index is 13.5. The van der Waals surface area contributed by atoms with Crippen LogP contribution in [0.1, 0.15) is 36.2 Å². The molecule has 0 aliphatic rings. The SMILES string of the molecule is COc1ccc(Cc2nn3c(=O)c(=Cc4cn(-c5ccccc5)nc4-c4ccc(OC(C)C)c(C)c4)sc3nc2=O)cc1. The number of hydrogen-bond acceptors (Lipinski definition) is 8. The average molecular weight is 592 g/mol. The van der Waals surface area contributed by atoms with Gasteiger partial charge in [-0.1, -0.05) is 41.7 Å². The lowest BCUT2D eigenvalue weighted by Gasteiger charge is -2.13. The van der Waals surface area contributed by atoms with Gasteiger partial charge in [0.05, 0.1) is 23.4 Å². The van der Waals surface area contributed by atoms with Crippen molar-refractivity contribution in [1.29, 1.82) is 0 Å². The van der Waals surface area contributed by atoms with Crippen LogP contribution in [0, 0.1) is 6.92 Å². The number of fused-ring (bicyclic) bond motifs is 1. The van der Waals surface area contributed by atoms with E-state index in [4.69, 9.17) is 14.6 Å². The fourth-order valence-electron chi connectivity index (χ4n) is 4.74. The van der Waals surface area contributed by atoms with Crippen molar-refractivity contribution in [3.63, 3.8) is 0 Å². The molecule has 0 saturated heterocycles. The van der Waals surface area contributed by atoms with Gasteiger partial charge in [0.15, 0.2) is 0 Å². The van der Waals surface area contributed by atoms with Crippen molar-refractivity contribution in [2.24, 2.45) is 0 Å². The van der Waals surface area contributed by atoms with E-state index < -0.39 is 5.56 Å². The highest BCUT2D eigenvalue weighted by atomic mass is 32.1. The van der Waals surface area contributed by atoms with Crippen LogP contribution < -0.4 is 25.1 Å². The van der Waals surface area contributed by atoms with Gasteiger partial charge in [-0.15, -0.1) is 0 Å². The molecule has 43 heavy (non-hydrogen) atoms. The third kappa shape index (κ3) is 5.82. The molecule has 10 heteroatoms. The fraction of sp³-hybridized carbons (Fsp3) is 0.182. The van der Waals surface area contributed by atoms with Crippen LogP contribution in [0.5, 0.6) is 11.5 Å². The molecule has 0 fully saturated rings. The minimum atomic E-state index is -0.458. The summed E-state index contributed by atoms with van der Waals surface area (Å²) in [4.78, 5) is 30.8. The minimum absolute atomic E-state index is 0.0558. The van der Waals surface area contributed by atoms with Gasteiger partial charge in [-0.25, -0.2) is 4.68 Å². The summed E-state index contributed by atoms with van der Waals surface area (Å²) in [5, 5.41) is 9.31. The molecule has 216 valence electrons. The lowest BCUT2D eigenvalue weighted by atomic mass is 10.0. The van der Waals surface area contributed by atoms with E-state index in [0.717, 1.165) is 45.0 Å². The monoisotopic (exact) mass is 591 g/mol. The highest BCUT2D eigenvalue weighted by molar-refractivity contribution is 7.15. The Morgan fingerprint density at radius 1 is 0.977 bits per heavy atom. The Morgan fingerprint density at radius 3 is 2.44 bits per heavy atom. The second kappa shape index (κ2) is 11.7. The summed E-state index contributed by atoms with van der Waals surface area (Å²) >= 11 is 1.12. The van der Waals surface area contributed by atoms with Crippen LogP contribution >= 0.6 is 11.3 Å². The van der Waals surface area contributed by atoms with Crippen LogP contribution in [0.3, 0.4) is 0 Å². The molecule has 3 heterocycles. The average Bonchev–Trinajstić information content (AvgIpc) is 3.55. The third-order valence-electron chi connectivity index (χ3n) is 6.84. The lowest BCUT2D eigenvalue weighted by molar-refractivity contribution is 0.241. The Morgan fingerprint density at radius 2 is 1.74 bits per heavy atom. The van der Waals surface area contributed by atoms with Crippen LogP contribution in [-0.2, 0) is 6.42 Å². The molecule has 0 spiro atoms. The predicted octanol–water partition coefficient (Wildman–Crippen LogP) is 4.61. The first-order chi connectivity index (χ1) is 20.8. The molecule has 0 N–H and O–H groups in total. The van der Waals surface area contributed by atoms with Crippen molar-refractivity contribution < 1.29 is 9.47 Å². The van der Waals surface area contributed by atoms with E-state index in [2.05, 4.69) is 10.1 Å². The molecule has 0 atom stereocenters. The molecule has 6 aromatic rings. The highest BCUT2D eigenvalue weighted by Crippen LogP contribution is 2.29. The summed E-state index contributed by atoms with van der Waals surface area (Å²) in [5.41, 5.74) is 4.45. The zero-order valence-electron chi connectivity index (χ0n) is 24.1. The van der Waals surface area contributed by atoms with Crippen LogP contribution in [0.2, 0.25) is 0 Å². The quantitative estimate of drug-likeness (QED) is 0.255. The van der Waals surface area contributed by atoms with Gasteiger partial charge in [0.2, 0.25) is 4.96 Å². The van der Waals surface area contributed by atoms with Crippen molar-refractivity contribution in [3.05, 3.63) is 127 Å². The summed E-state index contributed by atoms with van der Waals surface area (Å²) in [7, 11) is 1.59. The van der Waals surface area contributed by atoms with Crippen LogP contribution in [0.15, 0.2) is 88.6 Å². The van der Waals surface area contributed by atoms with Gasteiger partial charge in [0.25, 0.3) is 11.1 Å². The molecule has 0 bridgehead atoms. The molecule has 6 rings (SSSR count). The molecule has 0 saturated carbocycles. The first-order valence-corrected chi connectivity index (χ1v) is 14.6. The maximum Gasteiger partial charge on any atom is 0.296 e. The molecule has 3 aromatic carbocycles. The molecular formula is C33H29N5O4S. The van der Waals surface area contributed by atoms with Crippen molar-refractivity contribution in [2.75, 3.05) is 7.11 Å². The number of benzene rings is 3. The molecule has 0 radical (unpaired) electrons. The maximum atomic E-state index is 13.5. The van der Waals surface area contributed by atoms with Gasteiger partial charge >= 0.3 is 0 Å². The summed E-state index contributed by atoms with van der Waals surface area (Å²) in [6.45, 7) is 5.98. The predicted molar refractivity (Wildman–Crippen MR) is 167 cm³/mol. The Hall–Kier alpha value is -5.09. The zero-order chi connectivity index (χ0) is 30.1. The Balaban J connectivity index is 1.45. The van der Waals surface area contributed by atoms with E-state index >= 15 is 0 Å². The van der Waals surface area contributed by atoms with Gasteiger partial charge in [0.1, 0.15) is 22.9 Å². The van der Waals surface area contributed by atoms with E-state index in [1.165, 1.54) is 4.52 Å². The number of aromatic nitrogens is 5. The van der Waals surface area contributed by atoms with Gasteiger partial charge in [-0.05, 0) is 80.4 Å². The van der Waals surface area contributed by atoms with Gasteiger partial charge in [0, 0.05) is 23.7 Å². The number of nitrogens with zero attached hydrogens (tertiary/aromatic N) is 5. The van der Waals surface area contributed by atoms with E-state index in [1.54, 1.807) is 17.9 Å². The number of hydrogen-bond donors (Lipinski definition) is 0. The number of methoxy groups -OCH3 is 1. The zero-order valence-corrected chi connectivity index (χ0v) is 25.0. The van der Waals surface area contributed by atoms with Crippen molar-refractivity contribution in [1.82, 2.24) is 24.4 Å². The lowest BCUT2D eigenvalue weighted by Crippen LogP contribution is -2.28. The van der Waals surface area contributed by atoms with Crippen LogP contribution in [0.4, 0.5) is 0 Å². The van der Waals surface area contributed by atoms with E-state index in [1.807, 2.05) is 99.8 Å². The molecule has 0 amide bonds. The second-order valence-electron chi connectivity index (χ2n) is 10.4. The number of ether oxygens (including phenoxy) is 2. The molecule has 0 aliphatic heterocycles. The van der Waals surface area contributed by atoms with E-state index in [0.29, 0.717) is 16.0 Å². The second-order valence-corrected chi connectivity index (χ2v) is 11.4. The minimum Gasteiger partial charge on any atom is -0.497 e. The summed E-state index contributed by atoms with van der Waals surface area (Å²) in [6.07, 6.45) is 3.98. The third-order valence-corrected chi connectivity index (χ3v) is 7.80. The van der Waals surface area contributed by atoms with Crippen LogP contribution in [-0.4, -0.2) is 37.6 Å². The summed E-state index contributed by atoms with van der Waals surface area (Å²) in [6, 6.07) is 23.1. The highest BCUT2D eigenvalue weighted by Gasteiger charge is 2.16. The van der Waals surface area contributed by atoms with Crippen molar-refractivity contribution in [2.45, 2.75) is 33.3 Å². The first kappa shape index (κ1) is 28.0. The van der Waals surface area contributed by atoms with E-state index in [-0.39, 0.29) is 28.7 Å². The molecule has 0 aliphatic carbocycles. The number of aryl methyl sites for hydroxylation is 1. The Bertz CT molecular complexity index is 2100. The largest absolute Gasteiger partial charge is 0.497 e. The van der Waals surface area contributed by atoms with E-state index in [9.17, 15) is 9.59 Å². The number of thiazole rings is 1. The summed E-state index contributed by atoms with van der Waals surface area (Å²) in [5.74, 6) is 1.53. The smallest absolute Gasteiger partial charge is 0.296 e. The van der Waals surface area contributed by atoms with Crippen molar-refractivity contribution >= 4 is 22.4 Å².